The van der Waals surface area contributed by atoms with Crippen molar-refractivity contribution < 1.29 is 17.6 Å². The zero-order valence-corrected chi connectivity index (χ0v) is 20.4. The lowest BCUT2D eigenvalue weighted by Crippen LogP contribution is -2.40. The van der Waals surface area contributed by atoms with Crippen molar-refractivity contribution >= 4 is 39.1 Å². The Morgan fingerprint density at radius 3 is 2.18 bits per heavy atom. The van der Waals surface area contributed by atoms with Crippen LogP contribution in [-0.4, -0.2) is 33.0 Å². The van der Waals surface area contributed by atoms with Crippen molar-refractivity contribution in [2.24, 2.45) is 0 Å². The largest absolute Gasteiger partial charge is 0.438 e. The Morgan fingerprint density at radius 1 is 0.970 bits per heavy atom. The molecule has 0 spiro atoms. The number of rotatable bonds is 7. The van der Waals surface area contributed by atoms with Crippen LogP contribution >= 0.6 is 11.8 Å². The monoisotopic (exact) mass is 485 g/mol. The molecule has 0 bridgehead atoms. The van der Waals surface area contributed by atoms with Crippen LogP contribution in [0.3, 0.4) is 0 Å². The van der Waals surface area contributed by atoms with Gasteiger partial charge in [0, 0.05) is 28.4 Å². The maximum absolute atomic E-state index is 12.5. The molecule has 174 valence electrons. The van der Waals surface area contributed by atoms with E-state index < -0.39 is 21.5 Å². The van der Waals surface area contributed by atoms with Gasteiger partial charge in [0.15, 0.2) is 5.76 Å². The molecule has 0 saturated carbocycles. The van der Waals surface area contributed by atoms with Crippen LogP contribution in [0.4, 0.5) is 11.4 Å². The van der Waals surface area contributed by atoms with Gasteiger partial charge in [-0.1, -0.05) is 36.0 Å². The number of nitrogens with one attached hydrogen (secondary N) is 2. The number of hydrogen-bond acceptors (Lipinski definition) is 6. The average Bonchev–Trinajstić information content (AvgIpc) is 3.26. The Labute approximate surface area is 198 Å². The van der Waals surface area contributed by atoms with Gasteiger partial charge in [-0.05, 0) is 63.6 Å². The SMILES string of the molecule is CC(C)(C)NS(=O)(=O)c1ccc(C(=O)NCCCN2c3ccccc3Sc3ccccc32)o1. The molecule has 4 rings (SSSR count). The van der Waals surface area contributed by atoms with Crippen molar-refractivity contribution in [1.82, 2.24) is 10.0 Å². The van der Waals surface area contributed by atoms with Gasteiger partial charge in [-0.15, -0.1) is 0 Å². The first kappa shape index (κ1) is 23.4. The van der Waals surface area contributed by atoms with E-state index in [2.05, 4.69) is 39.2 Å². The second kappa shape index (κ2) is 9.24. The first-order chi connectivity index (χ1) is 15.6. The summed E-state index contributed by atoms with van der Waals surface area (Å²) >= 11 is 1.76. The van der Waals surface area contributed by atoms with Crippen molar-refractivity contribution in [3.63, 3.8) is 0 Å². The molecule has 7 nitrogen and oxygen atoms in total. The van der Waals surface area contributed by atoms with Crippen LogP contribution in [0.2, 0.25) is 0 Å². The van der Waals surface area contributed by atoms with E-state index in [1.165, 1.54) is 21.9 Å². The summed E-state index contributed by atoms with van der Waals surface area (Å²) in [4.78, 5) is 17.2. The predicted molar refractivity (Wildman–Crippen MR) is 130 cm³/mol. The number of hydrogen-bond donors (Lipinski definition) is 2. The van der Waals surface area contributed by atoms with E-state index in [-0.39, 0.29) is 10.9 Å². The summed E-state index contributed by atoms with van der Waals surface area (Å²) in [7, 11) is -3.83. The number of anilines is 2. The van der Waals surface area contributed by atoms with Crippen LogP contribution in [0.1, 0.15) is 37.7 Å². The topological polar surface area (TPSA) is 91.6 Å². The highest BCUT2D eigenvalue weighted by molar-refractivity contribution is 7.99. The summed E-state index contributed by atoms with van der Waals surface area (Å²) in [6.45, 7) is 6.36. The molecule has 2 N–H and O–H groups in total. The van der Waals surface area contributed by atoms with Gasteiger partial charge in [0.25, 0.3) is 15.9 Å². The van der Waals surface area contributed by atoms with Gasteiger partial charge >= 0.3 is 0 Å². The number of amides is 1. The molecule has 0 unspecified atom stereocenters. The third kappa shape index (κ3) is 5.43. The maximum atomic E-state index is 12.5. The Balaban J connectivity index is 1.37. The number of nitrogens with zero attached hydrogens (tertiary/aromatic N) is 1. The molecule has 33 heavy (non-hydrogen) atoms. The molecule has 0 saturated heterocycles. The first-order valence-corrected chi connectivity index (χ1v) is 13.0. The van der Waals surface area contributed by atoms with E-state index in [4.69, 9.17) is 4.42 Å². The van der Waals surface area contributed by atoms with Gasteiger partial charge in [0.1, 0.15) is 0 Å². The summed E-state index contributed by atoms with van der Waals surface area (Å²) < 4.78 is 32.6. The Morgan fingerprint density at radius 2 is 1.58 bits per heavy atom. The summed E-state index contributed by atoms with van der Waals surface area (Å²) in [5.74, 6) is -0.475. The highest BCUT2D eigenvalue weighted by Crippen LogP contribution is 2.47. The number of carbonyl (C=O) groups is 1. The molecule has 0 radical (unpaired) electrons. The smallest absolute Gasteiger partial charge is 0.287 e. The molecule has 1 aliphatic rings. The second-order valence-electron chi connectivity index (χ2n) is 8.77. The standard InChI is InChI=1S/C24H27N3O4S2/c1-24(2,3)26-33(29,30)22-14-13-19(31-22)23(28)25-15-8-16-27-17-9-4-6-11-20(17)32-21-12-7-5-10-18(21)27/h4-7,9-14,26H,8,15-16H2,1-3H3,(H,25,28). The zero-order valence-electron chi connectivity index (χ0n) is 18.8. The van der Waals surface area contributed by atoms with Gasteiger partial charge in [0.05, 0.1) is 11.4 Å². The number of carbonyl (C=O) groups excluding carboxylic acids is 1. The summed E-state index contributed by atoms with van der Waals surface area (Å²) in [6.07, 6.45) is 0.705. The minimum Gasteiger partial charge on any atom is -0.438 e. The van der Waals surface area contributed by atoms with Gasteiger partial charge in [-0.25, -0.2) is 13.1 Å². The lowest BCUT2D eigenvalue weighted by Gasteiger charge is -2.32. The number of fused-ring (bicyclic) bond motifs is 2. The summed E-state index contributed by atoms with van der Waals surface area (Å²) in [5.41, 5.74) is 1.65. The molecule has 2 aromatic carbocycles. The Bertz CT molecular complexity index is 1220. The van der Waals surface area contributed by atoms with Crippen molar-refractivity contribution in [3.8, 4) is 0 Å². The van der Waals surface area contributed by atoms with Crippen molar-refractivity contribution in [1.29, 1.82) is 0 Å². The highest BCUT2D eigenvalue weighted by atomic mass is 32.2. The molecular weight excluding hydrogens is 458 g/mol. The average molecular weight is 486 g/mol. The van der Waals surface area contributed by atoms with Crippen LogP contribution in [0.15, 0.2) is 80.0 Å². The quantitative estimate of drug-likeness (QED) is 0.468. The van der Waals surface area contributed by atoms with Crippen LogP contribution in [-0.2, 0) is 10.0 Å². The Hall–Kier alpha value is -2.75. The summed E-state index contributed by atoms with van der Waals surface area (Å²) in [6, 6.07) is 19.2. The van der Waals surface area contributed by atoms with Gasteiger partial charge in [-0.2, -0.15) is 0 Å². The van der Waals surface area contributed by atoms with Gasteiger partial charge < -0.3 is 14.6 Å². The van der Waals surface area contributed by atoms with Crippen LogP contribution in [0.25, 0.3) is 0 Å². The van der Waals surface area contributed by atoms with E-state index in [0.29, 0.717) is 13.0 Å². The van der Waals surface area contributed by atoms with Crippen LogP contribution < -0.4 is 14.9 Å². The predicted octanol–water partition coefficient (Wildman–Crippen LogP) is 4.78. The lowest BCUT2D eigenvalue weighted by molar-refractivity contribution is 0.0920. The minimum absolute atomic E-state index is 0.0330. The number of sulfonamides is 1. The molecule has 0 atom stereocenters. The van der Waals surface area contributed by atoms with Crippen molar-refractivity contribution in [2.45, 2.75) is 47.6 Å². The van der Waals surface area contributed by atoms with Crippen molar-refractivity contribution in [2.75, 3.05) is 18.0 Å². The highest BCUT2D eigenvalue weighted by Gasteiger charge is 2.26. The lowest BCUT2D eigenvalue weighted by atomic mass is 10.1. The maximum Gasteiger partial charge on any atom is 0.287 e. The molecule has 1 aliphatic heterocycles. The van der Waals surface area contributed by atoms with E-state index in [9.17, 15) is 13.2 Å². The van der Waals surface area contributed by atoms with E-state index >= 15 is 0 Å². The third-order valence-corrected chi connectivity index (χ3v) is 7.65. The summed E-state index contributed by atoms with van der Waals surface area (Å²) in [5, 5.41) is 2.54. The van der Waals surface area contributed by atoms with E-state index in [0.717, 1.165) is 17.9 Å². The molecular formula is C24H27N3O4S2. The first-order valence-electron chi connectivity index (χ1n) is 10.7. The molecule has 0 fully saturated rings. The minimum atomic E-state index is -3.83. The number of para-hydroxylation sites is 2. The zero-order chi connectivity index (χ0) is 23.6. The second-order valence-corrected chi connectivity index (χ2v) is 11.5. The number of benzene rings is 2. The van der Waals surface area contributed by atoms with E-state index in [1.54, 1.807) is 32.5 Å². The van der Waals surface area contributed by atoms with Crippen LogP contribution in [0.5, 0.6) is 0 Å². The normalized spacial score (nSPS) is 13.4. The van der Waals surface area contributed by atoms with E-state index in [1.807, 2.05) is 24.3 Å². The van der Waals surface area contributed by atoms with Crippen LogP contribution in [0, 0.1) is 0 Å². The molecule has 1 amide bonds. The fraction of sp³-hybridized carbons (Fsp3) is 0.292. The fourth-order valence-electron chi connectivity index (χ4n) is 3.59. The number of furan rings is 1. The third-order valence-electron chi connectivity index (χ3n) is 4.89. The molecule has 0 aliphatic carbocycles. The fourth-order valence-corrected chi connectivity index (χ4v) is 6.04. The van der Waals surface area contributed by atoms with Crippen molar-refractivity contribution in [3.05, 3.63) is 66.4 Å². The molecule has 2 heterocycles. The molecule has 3 aromatic rings. The van der Waals surface area contributed by atoms with Gasteiger partial charge in [-0.3, -0.25) is 4.79 Å². The molecule has 9 heteroatoms. The molecule has 1 aromatic heterocycles. The van der Waals surface area contributed by atoms with Gasteiger partial charge in [0.2, 0.25) is 5.09 Å². The Kier molecular flexibility index (Phi) is 6.56.